The Bertz CT molecular complexity index is 500. The number of carbonyl (C=O) groups is 3. The number of oxime groups is 1. The zero-order valence-electron chi connectivity index (χ0n) is 12.5. The molecule has 1 heterocycles. The summed E-state index contributed by atoms with van der Waals surface area (Å²) in [5, 5.41) is 3.86. The summed E-state index contributed by atoms with van der Waals surface area (Å²) >= 11 is 0. The van der Waals surface area contributed by atoms with Gasteiger partial charge in [0.15, 0.2) is 0 Å². The van der Waals surface area contributed by atoms with E-state index < -0.39 is 0 Å². The Kier molecular flexibility index (Phi) is 8.29. The standard InChI is InChI=1S/C13H16N2O2.2CH2O/c1-9-6-4-5-7-11(9)13(16)15(3)12-8-10(2)14-17-12;2*1-2/h4-7,12H,8H2,1-3H3;2*1H2. The smallest absolute Gasteiger partial charge is 0.256 e. The summed E-state index contributed by atoms with van der Waals surface area (Å²) in [6, 6.07) is 7.55. The molecule has 1 amide bonds. The molecule has 0 N–H and O–H groups in total. The maximum atomic E-state index is 12.3. The molecular weight excluding hydrogens is 272 g/mol. The first-order chi connectivity index (χ1) is 10.1. The van der Waals surface area contributed by atoms with Gasteiger partial charge in [-0.25, -0.2) is 0 Å². The van der Waals surface area contributed by atoms with Gasteiger partial charge in [0.25, 0.3) is 5.91 Å². The molecule has 1 aromatic carbocycles. The van der Waals surface area contributed by atoms with Gasteiger partial charge < -0.3 is 19.3 Å². The highest BCUT2D eigenvalue weighted by Crippen LogP contribution is 2.17. The second-order valence-corrected chi connectivity index (χ2v) is 4.32. The van der Waals surface area contributed by atoms with E-state index in [2.05, 4.69) is 5.16 Å². The number of hydrogen-bond acceptors (Lipinski definition) is 5. The first-order valence-electron chi connectivity index (χ1n) is 6.19. The SMILES string of the molecule is C=O.C=O.CC1=NOC(N(C)C(=O)c2ccccc2C)C1. The molecule has 0 saturated heterocycles. The number of hydrogen-bond donors (Lipinski definition) is 0. The van der Waals surface area contributed by atoms with Gasteiger partial charge in [0.2, 0.25) is 6.23 Å². The molecular formula is C15H20N2O4. The third-order valence-corrected chi connectivity index (χ3v) is 2.93. The lowest BCUT2D eigenvalue weighted by Gasteiger charge is -2.22. The number of amides is 1. The molecule has 1 aromatic rings. The van der Waals surface area contributed by atoms with Gasteiger partial charge in [-0.1, -0.05) is 23.4 Å². The predicted octanol–water partition coefficient (Wildman–Crippen LogP) is 1.82. The van der Waals surface area contributed by atoms with Crippen molar-refractivity contribution in [3.05, 3.63) is 35.4 Å². The Balaban J connectivity index is 0.000000921. The molecule has 0 saturated carbocycles. The van der Waals surface area contributed by atoms with Crippen molar-refractivity contribution in [1.82, 2.24) is 4.90 Å². The first kappa shape index (κ1) is 18.5. The van der Waals surface area contributed by atoms with Gasteiger partial charge in [-0.15, -0.1) is 0 Å². The lowest BCUT2D eigenvalue weighted by Crippen LogP contribution is -2.37. The molecule has 0 bridgehead atoms. The Labute approximate surface area is 124 Å². The van der Waals surface area contributed by atoms with Crippen molar-refractivity contribution in [1.29, 1.82) is 0 Å². The summed E-state index contributed by atoms with van der Waals surface area (Å²) in [4.78, 5) is 35.1. The van der Waals surface area contributed by atoms with Crippen molar-refractivity contribution in [3.8, 4) is 0 Å². The molecule has 1 aliphatic rings. The summed E-state index contributed by atoms with van der Waals surface area (Å²) in [6.07, 6.45) is 0.399. The molecule has 6 nitrogen and oxygen atoms in total. The topological polar surface area (TPSA) is 76.0 Å². The van der Waals surface area contributed by atoms with Crippen molar-refractivity contribution >= 4 is 25.2 Å². The second kappa shape index (κ2) is 9.41. The molecule has 6 heteroatoms. The summed E-state index contributed by atoms with van der Waals surface area (Å²) in [6.45, 7) is 7.82. The minimum Gasteiger partial charge on any atom is -0.370 e. The first-order valence-corrected chi connectivity index (χ1v) is 6.19. The van der Waals surface area contributed by atoms with Gasteiger partial charge >= 0.3 is 0 Å². The number of carbonyl (C=O) groups excluding carboxylic acids is 3. The number of aryl methyl sites for hydroxylation is 1. The van der Waals surface area contributed by atoms with Crippen LogP contribution in [0.5, 0.6) is 0 Å². The minimum absolute atomic E-state index is 0.0296. The van der Waals surface area contributed by atoms with Crippen molar-refractivity contribution in [2.75, 3.05) is 7.05 Å². The number of rotatable bonds is 2. The number of benzene rings is 1. The van der Waals surface area contributed by atoms with E-state index in [0.29, 0.717) is 12.0 Å². The highest BCUT2D eigenvalue weighted by atomic mass is 16.7. The van der Waals surface area contributed by atoms with Crippen molar-refractivity contribution in [3.63, 3.8) is 0 Å². The molecule has 0 spiro atoms. The highest BCUT2D eigenvalue weighted by Gasteiger charge is 2.27. The van der Waals surface area contributed by atoms with E-state index in [4.69, 9.17) is 14.4 Å². The van der Waals surface area contributed by atoms with Crippen LogP contribution in [0.4, 0.5) is 0 Å². The van der Waals surface area contributed by atoms with E-state index in [-0.39, 0.29) is 12.1 Å². The zero-order valence-corrected chi connectivity index (χ0v) is 12.5. The molecule has 0 radical (unpaired) electrons. The van der Waals surface area contributed by atoms with Crippen LogP contribution in [-0.2, 0) is 14.4 Å². The quantitative estimate of drug-likeness (QED) is 0.833. The van der Waals surface area contributed by atoms with Gasteiger partial charge in [-0.05, 0) is 25.5 Å². The average molecular weight is 292 g/mol. The van der Waals surface area contributed by atoms with Crippen LogP contribution in [0, 0.1) is 6.92 Å². The molecule has 1 unspecified atom stereocenters. The molecule has 2 rings (SSSR count). The predicted molar refractivity (Wildman–Crippen MR) is 80.1 cm³/mol. The van der Waals surface area contributed by atoms with Crippen LogP contribution in [0.2, 0.25) is 0 Å². The van der Waals surface area contributed by atoms with Crippen LogP contribution in [0.1, 0.15) is 29.3 Å². The molecule has 1 atom stereocenters. The van der Waals surface area contributed by atoms with Gasteiger partial charge in [0.1, 0.15) is 13.6 Å². The average Bonchev–Trinajstić information content (AvgIpc) is 2.97. The summed E-state index contributed by atoms with van der Waals surface area (Å²) in [5.41, 5.74) is 2.60. The van der Waals surface area contributed by atoms with Gasteiger partial charge in [0, 0.05) is 19.0 Å². The van der Waals surface area contributed by atoms with Crippen LogP contribution in [0.15, 0.2) is 29.4 Å². The van der Waals surface area contributed by atoms with Crippen molar-refractivity contribution < 1.29 is 19.2 Å². The van der Waals surface area contributed by atoms with E-state index in [0.717, 1.165) is 11.3 Å². The zero-order chi connectivity index (χ0) is 16.4. The second-order valence-electron chi connectivity index (χ2n) is 4.32. The molecule has 0 fully saturated rings. The molecule has 0 aromatic heterocycles. The fraction of sp³-hybridized carbons (Fsp3) is 0.333. The van der Waals surface area contributed by atoms with Crippen LogP contribution < -0.4 is 0 Å². The van der Waals surface area contributed by atoms with E-state index in [9.17, 15) is 4.79 Å². The Morgan fingerprint density at radius 2 is 1.81 bits per heavy atom. The Morgan fingerprint density at radius 3 is 2.29 bits per heavy atom. The fourth-order valence-electron chi connectivity index (χ4n) is 1.82. The van der Waals surface area contributed by atoms with Gasteiger partial charge in [-0.2, -0.15) is 0 Å². The minimum atomic E-state index is -0.276. The molecule has 114 valence electrons. The largest absolute Gasteiger partial charge is 0.370 e. The fourth-order valence-corrected chi connectivity index (χ4v) is 1.82. The monoisotopic (exact) mass is 292 g/mol. The van der Waals surface area contributed by atoms with Crippen LogP contribution in [0.3, 0.4) is 0 Å². The van der Waals surface area contributed by atoms with Crippen LogP contribution in [0.25, 0.3) is 0 Å². The van der Waals surface area contributed by atoms with Gasteiger partial charge in [0.05, 0.1) is 5.71 Å². The molecule has 0 aliphatic carbocycles. The van der Waals surface area contributed by atoms with Crippen LogP contribution in [-0.4, -0.2) is 43.4 Å². The summed E-state index contributed by atoms with van der Waals surface area (Å²) in [7, 11) is 1.74. The molecule has 1 aliphatic heterocycles. The van der Waals surface area contributed by atoms with Crippen molar-refractivity contribution in [2.24, 2.45) is 5.16 Å². The third-order valence-electron chi connectivity index (χ3n) is 2.93. The summed E-state index contributed by atoms with van der Waals surface area (Å²) < 4.78 is 0. The lowest BCUT2D eigenvalue weighted by atomic mass is 10.1. The van der Waals surface area contributed by atoms with Gasteiger partial charge in [-0.3, -0.25) is 4.79 Å². The number of nitrogens with zero attached hydrogens (tertiary/aromatic N) is 2. The van der Waals surface area contributed by atoms with E-state index in [1.807, 2.05) is 51.7 Å². The Morgan fingerprint density at radius 1 is 1.24 bits per heavy atom. The lowest BCUT2D eigenvalue weighted by molar-refractivity contribution is -0.0987. The molecule has 21 heavy (non-hydrogen) atoms. The van der Waals surface area contributed by atoms with Crippen molar-refractivity contribution in [2.45, 2.75) is 26.5 Å². The highest BCUT2D eigenvalue weighted by molar-refractivity contribution is 5.96. The maximum Gasteiger partial charge on any atom is 0.256 e. The Hall–Kier alpha value is -2.50. The van der Waals surface area contributed by atoms with Crippen LogP contribution >= 0.6 is 0 Å². The van der Waals surface area contributed by atoms with E-state index in [1.165, 1.54) is 0 Å². The van der Waals surface area contributed by atoms with E-state index >= 15 is 0 Å². The summed E-state index contributed by atoms with van der Waals surface area (Å²) in [5.74, 6) is -0.0296. The normalized spacial score (nSPS) is 15.4. The maximum absolute atomic E-state index is 12.3. The third kappa shape index (κ3) is 4.83. The van der Waals surface area contributed by atoms with E-state index in [1.54, 1.807) is 11.9 Å².